The third-order valence-corrected chi connectivity index (χ3v) is 11.3. The molecular weight excluding hydrogens is 915 g/mol. The van der Waals surface area contributed by atoms with E-state index in [0.717, 1.165) is 0 Å². The number of unbranched alkanes of at least 4 members (excludes halogenated alkanes) is 1. The Morgan fingerprint density at radius 1 is 0.714 bits per heavy atom. The first-order valence-electron chi connectivity index (χ1n) is 23.6. The van der Waals surface area contributed by atoms with Crippen LogP contribution in [0, 0.1) is 17.8 Å². The van der Waals surface area contributed by atoms with Crippen LogP contribution in [0.25, 0.3) is 0 Å². The molecule has 0 unspecified atom stereocenters. The highest BCUT2D eigenvalue weighted by Crippen LogP contribution is 2.21. The Labute approximate surface area is 408 Å². The number of rotatable bonds is 30. The third-order valence-electron chi connectivity index (χ3n) is 11.3. The van der Waals surface area contributed by atoms with Crippen LogP contribution in [-0.2, 0) is 54.4 Å². The number of hydrogen-bond donors (Lipinski definition) is 13. The van der Waals surface area contributed by atoms with Crippen molar-refractivity contribution in [3.05, 3.63) is 29.8 Å². The molecule has 0 spiro atoms. The SMILES string of the molecule is CC(C)C[C@H](NC(=O)[C@@H](N)CC(N)=O)C(=O)N[C@@H](Cc1ccc(O)cc1)C(=O)N[C@H](C(=O)N[C@@H](CO)C(=O)NCC(=O)N[C@@H](CC(C)C)C(=O)N1CCC[C@H]1C(=O)N[C@@H](CCCCN)C(=O)O)C(C)C. The van der Waals surface area contributed by atoms with E-state index < -0.39 is 133 Å². The van der Waals surface area contributed by atoms with Crippen LogP contribution < -0.4 is 54.4 Å². The lowest BCUT2D eigenvalue weighted by Crippen LogP contribution is -2.61. The summed E-state index contributed by atoms with van der Waals surface area (Å²) in [7, 11) is 0. The predicted octanol–water partition coefficient (Wildman–Crippen LogP) is -2.89. The highest BCUT2D eigenvalue weighted by atomic mass is 16.4. The van der Waals surface area contributed by atoms with E-state index in [9.17, 15) is 63.3 Å². The summed E-state index contributed by atoms with van der Waals surface area (Å²) in [5, 5.41) is 47.2. The molecule has 0 saturated carbocycles. The number of phenolic OH excluding ortho intramolecular Hbond substituents is 1. The molecule has 0 bridgehead atoms. The van der Waals surface area contributed by atoms with Gasteiger partial charge in [0, 0.05) is 13.0 Å². The van der Waals surface area contributed by atoms with E-state index in [1.54, 1.807) is 27.7 Å². The molecule has 70 heavy (non-hydrogen) atoms. The van der Waals surface area contributed by atoms with E-state index in [4.69, 9.17) is 17.2 Å². The normalized spacial score (nSPS) is 16.5. The molecule has 0 aliphatic carbocycles. The predicted molar refractivity (Wildman–Crippen MR) is 254 cm³/mol. The Bertz CT molecular complexity index is 1970. The number of carboxylic acid groups (broad SMARTS) is 1. The van der Waals surface area contributed by atoms with Gasteiger partial charge in [-0.15, -0.1) is 0 Å². The van der Waals surface area contributed by atoms with Gasteiger partial charge in [-0.3, -0.25) is 43.2 Å². The Hall–Kier alpha value is -6.40. The second-order valence-corrected chi connectivity index (χ2v) is 18.7. The van der Waals surface area contributed by atoms with E-state index in [0.29, 0.717) is 31.4 Å². The molecule has 24 heteroatoms. The fourth-order valence-electron chi connectivity index (χ4n) is 7.64. The van der Waals surface area contributed by atoms with Gasteiger partial charge in [0.1, 0.15) is 48.0 Å². The average molecular weight is 990 g/mol. The van der Waals surface area contributed by atoms with Crippen LogP contribution in [-0.4, -0.2) is 154 Å². The number of nitrogens with two attached hydrogens (primary N) is 3. The van der Waals surface area contributed by atoms with Crippen molar-refractivity contribution in [2.24, 2.45) is 35.0 Å². The van der Waals surface area contributed by atoms with Crippen LogP contribution in [0.5, 0.6) is 5.75 Å². The lowest BCUT2D eigenvalue weighted by Gasteiger charge is -2.30. The number of carboxylic acids is 1. The Morgan fingerprint density at radius 3 is 1.86 bits per heavy atom. The molecule has 1 saturated heterocycles. The molecule has 24 nitrogen and oxygen atoms in total. The lowest BCUT2D eigenvalue weighted by molar-refractivity contribution is -0.145. The van der Waals surface area contributed by atoms with Crippen LogP contribution in [0.3, 0.4) is 0 Å². The molecule has 0 aromatic heterocycles. The molecule has 1 fully saturated rings. The van der Waals surface area contributed by atoms with Crippen molar-refractivity contribution in [1.82, 2.24) is 42.1 Å². The first-order chi connectivity index (χ1) is 32.9. The van der Waals surface area contributed by atoms with Crippen LogP contribution in [0.2, 0.25) is 0 Å². The van der Waals surface area contributed by atoms with Gasteiger partial charge in [-0.1, -0.05) is 53.7 Å². The maximum Gasteiger partial charge on any atom is 0.326 e. The van der Waals surface area contributed by atoms with Gasteiger partial charge in [0.15, 0.2) is 0 Å². The van der Waals surface area contributed by atoms with Gasteiger partial charge in [0.2, 0.25) is 53.2 Å². The number of aliphatic hydroxyl groups is 1. The molecule has 392 valence electrons. The number of nitrogens with one attached hydrogen (secondary N) is 7. The summed E-state index contributed by atoms with van der Waals surface area (Å²) >= 11 is 0. The number of hydrogen-bond acceptors (Lipinski definition) is 14. The zero-order valence-corrected chi connectivity index (χ0v) is 41.0. The van der Waals surface area contributed by atoms with Gasteiger partial charge >= 0.3 is 5.97 Å². The molecule has 9 amide bonds. The van der Waals surface area contributed by atoms with Gasteiger partial charge in [-0.25, -0.2) is 4.79 Å². The summed E-state index contributed by atoms with van der Waals surface area (Å²) in [6.45, 7) is 9.28. The van der Waals surface area contributed by atoms with Crippen molar-refractivity contribution in [3.8, 4) is 5.75 Å². The van der Waals surface area contributed by atoms with Crippen molar-refractivity contribution < 1.29 is 63.3 Å². The lowest BCUT2D eigenvalue weighted by atomic mass is 9.99. The van der Waals surface area contributed by atoms with E-state index in [1.165, 1.54) is 29.2 Å². The number of primary amides is 1. The standard InChI is InChI=1S/C46H75N11O13/c1-24(2)18-31(53-39(62)29(48)21-36(49)60)41(64)54-32(20-27-12-14-28(59)15-13-27)42(65)56-38(26(5)6)44(67)55-34(23-58)40(63)50-22-37(61)51-33(19-25(3)4)45(68)57-17-9-11-35(57)43(66)52-30(46(69)70)10-7-8-16-47/h12-15,24-26,29-35,38,58-59H,7-11,16-23,47-48H2,1-6H3,(H2,49,60)(H,50,63)(H,51,61)(H,52,66)(H,53,62)(H,54,64)(H,55,67)(H,56,65)(H,69,70)/t29-,30-,31-,32-,33-,34-,35-,38-/m0/s1. The smallest absolute Gasteiger partial charge is 0.326 e. The Balaban J connectivity index is 2.20. The van der Waals surface area contributed by atoms with E-state index >= 15 is 0 Å². The number of carbonyl (C=O) groups excluding carboxylic acids is 9. The minimum absolute atomic E-state index is 0.0654. The molecule has 0 radical (unpaired) electrons. The first kappa shape index (κ1) is 59.7. The summed E-state index contributed by atoms with van der Waals surface area (Å²) in [6.07, 6.45) is 1.54. The van der Waals surface area contributed by atoms with Crippen molar-refractivity contribution >= 4 is 59.1 Å². The maximum atomic E-state index is 14.0. The molecule has 16 N–H and O–H groups in total. The molecule has 1 aromatic carbocycles. The van der Waals surface area contributed by atoms with Crippen molar-refractivity contribution in [3.63, 3.8) is 0 Å². The number of amides is 9. The maximum absolute atomic E-state index is 14.0. The summed E-state index contributed by atoms with van der Waals surface area (Å²) in [5.41, 5.74) is 17.0. The van der Waals surface area contributed by atoms with Gasteiger partial charge in [0.05, 0.1) is 25.6 Å². The van der Waals surface area contributed by atoms with Crippen molar-refractivity contribution in [1.29, 1.82) is 0 Å². The molecular formula is C46H75N11O13. The minimum Gasteiger partial charge on any atom is -0.508 e. The average Bonchev–Trinajstić information content (AvgIpc) is 3.78. The Morgan fingerprint density at radius 2 is 1.30 bits per heavy atom. The fourth-order valence-corrected chi connectivity index (χ4v) is 7.64. The van der Waals surface area contributed by atoms with Crippen LogP contribution >= 0.6 is 0 Å². The summed E-state index contributed by atoms with van der Waals surface area (Å²) in [4.78, 5) is 133. The molecule has 1 aliphatic heterocycles. The van der Waals surface area contributed by atoms with E-state index in [1.807, 2.05) is 13.8 Å². The van der Waals surface area contributed by atoms with Crippen LogP contribution in [0.4, 0.5) is 0 Å². The van der Waals surface area contributed by atoms with Gasteiger partial charge in [0.25, 0.3) is 0 Å². The highest BCUT2D eigenvalue weighted by Gasteiger charge is 2.39. The largest absolute Gasteiger partial charge is 0.508 e. The number of carbonyl (C=O) groups is 10. The molecule has 1 aromatic rings. The van der Waals surface area contributed by atoms with Crippen LogP contribution in [0.15, 0.2) is 24.3 Å². The second-order valence-electron chi connectivity index (χ2n) is 18.7. The topological polar surface area (TPSA) is 397 Å². The first-order valence-corrected chi connectivity index (χ1v) is 23.6. The number of aliphatic carboxylic acids is 1. The van der Waals surface area contributed by atoms with E-state index in [-0.39, 0.29) is 56.2 Å². The van der Waals surface area contributed by atoms with Crippen molar-refractivity contribution in [2.45, 2.75) is 148 Å². The van der Waals surface area contributed by atoms with Crippen molar-refractivity contribution in [2.75, 3.05) is 26.2 Å². The quantitative estimate of drug-likeness (QED) is 0.0344. The number of aliphatic hydroxyl groups excluding tert-OH is 1. The van der Waals surface area contributed by atoms with Crippen LogP contribution in [0.1, 0.15) is 98.5 Å². The molecule has 8 atom stereocenters. The third kappa shape index (κ3) is 20.3. The zero-order valence-electron chi connectivity index (χ0n) is 41.0. The number of benzene rings is 1. The molecule has 1 aliphatic rings. The highest BCUT2D eigenvalue weighted by molar-refractivity contribution is 5.98. The number of phenols is 1. The van der Waals surface area contributed by atoms with Gasteiger partial charge in [-0.2, -0.15) is 0 Å². The van der Waals surface area contributed by atoms with Gasteiger partial charge < -0.3 is 74.6 Å². The summed E-state index contributed by atoms with van der Waals surface area (Å²) in [6, 6.07) is -4.47. The number of aromatic hydroxyl groups is 1. The Kier molecular flexibility index (Phi) is 25.2. The minimum atomic E-state index is -1.63. The summed E-state index contributed by atoms with van der Waals surface area (Å²) < 4.78 is 0. The zero-order chi connectivity index (χ0) is 52.8. The molecule has 1 heterocycles. The number of likely N-dealkylation sites (tertiary alicyclic amines) is 1. The molecule has 2 rings (SSSR count). The number of nitrogens with zero attached hydrogens (tertiary/aromatic N) is 1. The second kappa shape index (κ2) is 29.6. The van der Waals surface area contributed by atoms with E-state index in [2.05, 4.69) is 37.2 Å². The summed E-state index contributed by atoms with van der Waals surface area (Å²) in [5.74, 6) is -9.42. The van der Waals surface area contributed by atoms with Gasteiger partial charge in [-0.05, 0) is 86.9 Å². The fraction of sp³-hybridized carbons (Fsp3) is 0.652. The monoisotopic (exact) mass is 990 g/mol.